The standard InChI is InChI=1S/C15H28ClNO2/c1-3-5-7-8-9-10-12-14(18)17-13(15(16)19)11-6-4-2/h13H,3-12H2,1-2H3,(H,17,18). The number of amides is 1. The molecule has 19 heavy (non-hydrogen) atoms. The Kier molecular flexibility index (Phi) is 12.1. The summed E-state index contributed by atoms with van der Waals surface area (Å²) >= 11 is 5.49. The van der Waals surface area contributed by atoms with Crippen LogP contribution in [-0.4, -0.2) is 17.2 Å². The molecule has 112 valence electrons. The van der Waals surface area contributed by atoms with E-state index < -0.39 is 11.3 Å². The van der Waals surface area contributed by atoms with Gasteiger partial charge in [0, 0.05) is 6.42 Å². The fourth-order valence-corrected chi connectivity index (χ4v) is 2.15. The Morgan fingerprint density at radius 1 is 0.947 bits per heavy atom. The maximum Gasteiger partial charge on any atom is 0.243 e. The van der Waals surface area contributed by atoms with Crippen LogP contribution in [0.3, 0.4) is 0 Å². The molecule has 1 unspecified atom stereocenters. The number of hydrogen-bond acceptors (Lipinski definition) is 2. The third-order valence-corrected chi connectivity index (χ3v) is 3.48. The first-order valence-corrected chi connectivity index (χ1v) is 7.98. The lowest BCUT2D eigenvalue weighted by Gasteiger charge is -2.14. The maximum absolute atomic E-state index is 11.7. The average Bonchev–Trinajstić information content (AvgIpc) is 2.38. The highest BCUT2D eigenvalue weighted by Crippen LogP contribution is 2.08. The number of halogens is 1. The van der Waals surface area contributed by atoms with Crippen LogP contribution in [0.4, 0.5) is 0 Å². The van der Waals surface area contributed by atoms with E-state index in [1.807, 2.05) is 6.92 Å². The van der Waals surface area contributed by atoms with Crippen molar-refractivity contribution in [2.24, 2.45) is 0 Å². The fraction of sp³-hybridized carbons (Fsp3) is 0.867. The molecule has 0 bridgehead atoms. The summed E-state index contributed by atoms with van der Waals surface area (Å²) in [5.74, 6) is -0.0504. The lowest BCUT2D eigenvalue weighted by molar-refractivity contribution is -0.125. The summed E-state index contributed by atoms with van der Waals surface area (Å²) in [6, 6.07) is -0.505. The molecule has 0 fully saturated rings. The molecule has 0 aliphatic rings. The Labute approximate surface area is 122 Å². The maximum atomic E-state index is 11.7. The molecule has 0 aromatic rings. The lowest BCUT2D eigenvalue weighted by Crippen LogP contribution is -2.38. The predicted octanol–water partition coefficient (Wildman–Crippen LogP) is 4.18. The van der Waals surface area contributed by atoms with Gasteiger partial charge < -0.3 is 5.32 Å². The average molecular weight is 290 g/mol. The van der Waals surface area contributed by atoms with E-state index in [0.717, 1.165) is 25.7 Å². The molecule has 1 atom stereocenters. The van der Waals surface area contributed by atoms with E-state index in [2.05, 4.69) is 12.2 Å². The molecule has 0 heterocycles. The van der Waals surface area contributed by atoms with Crippen molar-refractivity contribution >= 4 is 22.8 Å². The van der Waals surface area contributed by atoms with E-state index in [-0.39, 0.29) is 5.91 Å². The summed E-state index contributed by atoms with van der Waals surface area (Å²) < 4.78 is 0. The van der Waals surface area contributed by atoms with Crippen molar-refractivity contribution < 1.29 is 9.59 Å². The lowest BCUT2D eigenvalue weighted by atomic mass is 10.1. The monoisotopic (exact) mass is 289 g/mol. The summed E-state index contributed by atoms with van der Waals surface area (Å²) in [6.07, 6.45) is 9.96. The van der Waals surface area contributed by atoms with Gasteiger partial charge in [-0.05, 0) is 24.4 Å². The minimum absolute atomic E-state index is 0.0504. The first kappa shape index (κ1) is 18.4. The second kappa shape index (κ2) is 12.5. The normalized spacial score (nSPS) is 12.2. The minimum Gasteiger partial charge on any atom is -0.345 e. The molecule has 0 aliphatic carbocycles. The van der Waals surface area contributed by atoms with Crippen LogP contribution in [0.25, 0.3) is 0 Å². The van der Waals surface area contributed by atoms with E-state index in [0.29, 0.717) is 12.8 Å². The van der Waals surface area contributed by atoms with E-state index >= 15 is 0 Å². The van der Waals surface area contributed by atoms with Gasteiger partial charge in [-0.1, -0.05) is 58.8 Å². The first-order valence-electron chi connectivity index (χ1n) is 7.60. The quantitative estimate of drug-likeness (QED) is 0.433. The van der Waals surface area contributed by atoms with E-state index in [4.69, 9.17) is 11.6 Å². The van der Waals surface area contributed by atoms with Crippen molar-refractivity contribution in [1.29, 1.82) is 0 Å². The fourth-order valence-electron chi connectivity index (χ4n) is 1.98. The van der Waals surface area contributed by atoms with Crippen LogP contribution in [-0.2, 0) is 9.59 Å². The second-order valence-electron chi connectivity index (χ2n) is 5.08. The third kappa shape index (κ3) is 11.0. The zero-order valence-corrected chi connectivity index (χ0v) is 13.1. The van der Waals surface area contributed by atoms with Crippen molar-refractivity contribution in [3.05, 3.63) is 0 Å². The van der Waals surface area contributed by atoms with Crippen LogP contribution in [0.15, 0.2) is 0 Å². The molecular weight excluding hydrogens is 262 g/mol. The predicted molar refractivity (Wildman–Crippen MR) is 80.3 cm³/mol. The first-order chi connectivity index (χ1) is 9.11. The third-order valence-electron chi connectivity index (χ3n) is 3.21. The van der Waals surface area contributed by atoms with Gasteiger partial charge in [-0.3, -0.25) is 9.59 Å². The Hall–Kier alpha value is -0.570. The summed E-state index contributed by atoms with van der Waals surface area (Å²) in [6.45, 7) is 4.24. The highest BCUT2D eigenvalue weighted by molar-refractivity contribution is 6.64. The molecule has 1 amide bonds. The van der Waals surface area contributed by atoms with Crippen LogP contribution in [0.1, 0.15) is 78.1 Å². The van der Waals surface area contributed by atoms with Crippen molar-refractivity contribution in [3.63, 3.8) is 0 Å². The molecule has 0 saturated carbocycles. The van der Waals surface area contributed by atoms with E-state index in [1.54, 1.807) is 0 Å². The molecular formula is C15H28ClNO2. The van der Waals surface area contributed by atoms with Gasteiger partial charge >= 0.3 is 0 Å². The van der Waals surface area contributed by atoms with Gasteiger partial charge in [0.1, 0.15) is 6.04 Å². The molecule has 0 aromatic heterocycles. The largest absolute Gasteiger partial charge is 0.345 e. The second-order valence-corrected chi connectivity index (χ2v) is 5.46. The van der Waals surface area contributed by atoms with Crippen molar-refractivity contribution in [3.8, 4) is 0 Å². The number of unbranched alkanes of at least 4 members (excludes halogenated alkanes) is 6. The highest BCUT2D eigenvalue weighted by atomic mass is 35.5. The topological polar surface area (TPSA) is 46.2 Å². The number of rotatable bonds is 12. The van der Waals surface area contributed by atoms with Crippen molar-refractivity contribution in [1.82, 2.24) is 5.32 Å². The molecule has 0 radical (unpaired) electrons. The molecule has 0 rings (SSSR count). The van der Waals surface area contributed by atoms with Gasteiger partial charge in [-0.2, -0.15) is 0 Å². The summed E-state index contributed by atoms with van der Waals surface area (Å²) in [5.41, 5.74) is 0. The van der Waals surface area contributed by atoms with Crippen LogP contribution < -0.4 is 5.32 Å². The van der Waals surface area contributed by atoms with Crippen molar-refractivity contribution in [2.45, 2.75) is 84.1 Å². The van der Waals surface area contributed by atoms with Crippen LogP contribution in [0, 0.1) is 0 Å². The zero-order chi connectivity index (χ0) is 14.5. The van der Waals surface area contributed by atoms with E-state index in [9.17, 15) is 9.59 Å². The Balaban J connectivity index is 3.71. The van der Waals surface area contributed by atoms with Crippen LogP contribution in [0.5, 0.6) is 0 Å². The van der Waals surface area contributed by atoms with Crippen LogP contribution >= 0.6 is 11.6 Å². The van der Waals surface area contributed by atoms with Gasteiger partial charge in [0.2, 0.25) is 11.1 Å². The van der Waals surface area contributed by atoms with Gasteiger partial charge in [0.15, 0.2) is 0 Å². The number of carbonyl (C=O) groups excluding carboxylic acids is 2. The zero-order valence-electron chi connectivity index (χ0n) is 12.3. The Morgan fingerprint density at radius 3 is 2.11 bits per heavy atom. The summed E-state index contributed by atoms with van der Waals surface area (Å²) in [7, 11) is 0. The smallest absolute Gasteiger partial charge is 0.243 e. The molecule has 3 nitrogen and oxygen atoms in total. The van der Waals surface area contributed by atoms with Gasteiger partial charge in [0.05, 0.1) is 0 Å². The number of hydrogen-bond donors (Lipinski definition) is 1. The molecule has 1 N–H and O–H groups in total. The highest BCUT2D eigenvalue weighted by Gasteiger charge is 2.17. The number of nitrogens with one attached hydrogen (secondary N) is 1. The SMILES string of the molecule is CCCCCCCCC(=O)NC(CCCC)C(=O)Cl. The molecule has 0 spiro atoms. The summed E-state index contributed by atoms with van der Waals surface area (Å²) in [4.78, 5) is 22.9. The molecule has 0 aliphatic heterocycles. The van der Waals surface area contributed by atoms with E-state index in [1.165, 1.54) is 25.7 Å². The van der Waals surface area contributed by atoms with Crippen LogP contribution in [0.2, 0.25) is 0 Å². The Morgan fingerprint density at radius 2 is 1.53 bits per heavy atom. The van der Waals surface area contributed by atoms with Gasteiger partial charge in [-0.25, -0.2) is 0 Å². The van der Waals surface area contributed by atoms with Gasteiger partial charge in [-0.15, -0.1) is 0 Å². The summed E-state index contributed by atoms with van der Waals surface area (Å²) in [5, 5.41) is 2.28. The van der Waals surface area contributed by atoms with Gasteiger partial charge in [0.25, 0.3) is 0 Å². The number of carbonyl (C=O) groups is 2. The minimum atomic E-state index is -0.505. The molecule has 0 aromatic carbocycles. The molecule has 0 saturated heterocycles. The Bertz CT molecular complexity index is 257. The molecule has 4 heteroatoms. The van der Waals surface area contributed by atoms with Crippen molar-refractivity contribution in [2.75, 3.05) is 0 Å².